The Kier molecular flexibility index (Phi) is 5.36. The van der Waals surface area contributed by atoms with Gasteiger partial charge in [-0.25, -0.2) is 0 Å². The van der Waals surface area contributed by atoms with Gasteiger partial charge in [-0.3, -0.25) is 0 Å². The van der Waals surface area contributed by atoms with E-state index in [0.717, 1.165) is 0 Å². The number of aryl methyl sites for hydroxylation is 1. The van der Waals surface area contributed by atoms with Gasteiger partial charge in [0.05, 0.1) is 0 Å². The highest BCUT2D eigenvalue weighted by molar-refractivity contribution is 9.10. The average Bonchev–Trinajstić information content (AvgIpc) is 2.86. The third-order valence-electron chi connectivity index (χ3n) is 3.88. The molecule has 1 N–H and O–H groups in total. The summed E-state index contributed by atoms with van der Waals surface area (Å²) in [6.07, 6.45) is -4.94. The van der Waals surface area contributed by atoms with Crippen LogP contribution in [-0.4, -0.2) is 11.3 Å². The number of nitrogens with zero attached hydrogens (tertiary/aromatic N) is 1. The number of hydrogen-bond acceptors (Lipinski definition) is 3. The number of alkyl halides is 3. The highest BCUT2D eigenvalue weighted by Crippen LogP contribution is 2.52. The number of nitriles is 1. The summed E-state index contributed by atoms with van der Waals surface area (Å²) in [7, 11) is 0. The van der Waals surface area contributed by atoms with Crippen molar-refractivity contribution in [3.05, 3.63) is 54.6 Å². The maximum atomic E-state index is 13.8. The molecule has 2 aromatic rings. The summed E-state index contributed by atoms with van der Waals surface area (Å²) in [5.74, 6) is -1.36. The lowest BCUT2D eigenvalue weighted by atomic mass is 9.81. The molecule has 1 aromatic carbocycles. The van der Waals surface area contributed by atoms with Crippen LogP contribution in [0, 0.1) is 18.3 Å². The minimum Gasteiger partial charge on any atom is -0.375 e. The fourth-order valence-corrected chi connectivity index (χ4v) is 4.46. The maximum Gasteiger partial charge on any atom is 0.422 e. The molecule has 0 aliphatic heterocycles. The van der Waals surface area contributed by atoms with Crippen molar-refractivity contribution in [2.45, 2.75) is 31.5 Å². The number of halogens is 5. The third kappa shape index (κ3) is 3.21. The molecule has 0 fully saturated rings. The van der Waals surface area contributed by atoms with Gasteiger partial charge in [-0.1, -0.05) is 40.5 Å². The summed E-state index contributed by atoms with van der Waals surface area (Å²) in [5.41, 5.74) is -2.58. The largest absolute Gasteiger partial charge is 0.422 e. The summed E-state index contributed by atoms with van der Waals surface area (Å²) in [6, 6.07) is 7.54. The van der Waals surface area contributed by atoms with Gasteiger partial charge in [0.2, 0.25) is 5.60 Å². The molecule has 0 amide bonds. The number of benzene rings is 1. The van der Waals surface area contributed by atoms with Crippen LogP contribution in [0.3, 0.4) is 0 Å². The lowest BCUT2D eigenvalue weighted by Gasteiger charge is -2.35. The quantitative estimate of drug-likeness (QED) is 0.648. The molecule has 0 saturated heterocycles. The lowest BCUT2D eigenvalue weighted by Crippen LogP contribution is -2.46. The summed E-state index contributed by atoms with van der Waals surface area (Å²) in [4.78, 5) is -0.183. The molecule has 24 heavy (non-hydrogen) atoms. The Morgan fingerprint density at radius 3 is 2.42 bits per heavy atom. The summed E-state index contributed by atoms with van der Waals surface area (Å²) >= 11 is 9.92. The van der Waals surface area contributed by atoms with E-state index in [0.29, 0.717) is 21.4 Å². The van der Waals surface area contributed by atoms with Crippen LogP contribution in [-0.2, 0) is 5.60 Å². The molecule has 0 aliphatic carbocycles. The second kappa shape index (κ2) is 6.68. The van der Waals surface area contributed by atoms with Crippen molar-refractivity contribution in [1.82, 2.24) is 0 Å². The van der Waals surface area contributed by atoms with Crippen molar-refractivity contribution >= 4 is 38.9 Å². The van der Waals surface area contributed by atoms with Crippen LogP contribution in [0.5, 0.6) is 0 Å². The Balaban J connectivity index is 2.65. The van der Waals surface area contributed by atoms with Crippen LogP contribution < -0.4 is 0 Å². The van der Waals surface area contributed by atoms with Crippen LogP contribution in [0.4, 0.5) is 13.2 Å². The zero-order valence-corrected chi connectivity index (χ0v) is 15.7. The van der Waals surface area contributed by atoms with Crippen LogP contribution in [0.25, 0.3) is 0 Å². The normalized spacial score (nSPS) is 15.6. The van der Waals surface area contributed by atoms with Gasteiger partial charge in [0.15, 0.2) is 0 Å². The average molecular weight is 439 g/mol. The summed E-state index contributed by atoms with van der Waals surface area (Å²) in [6.45, 7) is 2.80. The van der Waals surface area contributed by atoms with Gasteiger partial charge in [-0.15, -0.1) is 11.3 Å². The molecule has 2 atom stereocenters. The van der Waals surface area contributed by atoms with E-state index in [-0.39, 0.29) is 20.3 Å². The van der Waals surface area contributed by atoms with E-state index in [1.165, 1.54) is 32.0 Å². The maximum absolute atomic E-state index is 13.8. The first-order valence-corrected chi connectivity index (χ1v) is 8.76. The standard InChI is InChI=1S/C16H12BrClF3NOS/c1-8-5-14(24-13(8)7-22)15(23,16(19,20)21)9(2)11-4-3-10(17)6-12(11)18/h3-6,9,23H,1-2H3. The zero-order chi connectivity index (χ0) is 18.3. The predicted molar refractivity (Wildman–Crippen MR) is 91.3 cm³/mol. The van der Waals surface area contributed by atoms with Gasteiger partial charge in [-0.05, 0) is 36.2 Å². The van der Waals surface area contributed by atoms with Gasteiger partial charge in [0, 0.05) is 20.3 Å². The molecule has 0 aliphatic rings. The van der Waals surface area contributed by atoms with Gasteiger partial charge in [0.1, 0.15) is 10.9 Å². The van der Waals surface area contributed by atoms with Gasteiger partial charge in [-0.2, -0.15) is 18.4 Å². The van der Waals surface area contributed by atoms with Gasteiger partial charge in [0.25, 0.3) is 0 Å². The van der Waals surface area contributed by atoms with Crippen molar-refractivity contribution in [3.63, 3.8) is 0 Å². The first kappa shape index (κ1) is 19.3. The Bertz CT molecular complexity index is 815. The van der Waals surface area contributed by atoms with E-state index in [2.05, 4.69) is 15.9 Å². The molecular formula is C16H12BrClF3NOS. The lowest BCUT2D eigenvalue weighted by molar-refractivity contribution is -0.273. The number of hydrogen-bond donors (Lipinski definition) is 1. The predicted octanol–water partition coefficient (Wildman–Crippen LogP) is 5.90. The molecule has 2 unspecified atom stereocenters. The van der Waals surface area contributed by atoms with Crippen LogP contribution >= 0.6 is 38.9 Å². The Labute approximate surface area is 154 Å². The van der Waals surface area contributed by atoms with E-state index < -0.39 is 17.7 Å². The highest BCUT2D eigenvalue weighted by atomic mass is 79.9. The van der Waals surface area contributed by atoms with Crippen molar-refractivity contribution in [3.8, 4) is 6.07 Å². The molecule has 8 heteroatoms. The smallest absolute Gasteiger partial charge is 0.375 e. The molecule has 1 heterocycles. The van der Waals surface area contributed by atoms with Crippen molar-refractivity contribution < 1.29 is 18.3 Å². The Morgan fingerprint density at radius 1 is 1.33 bits per heavy atom. The zero-order valence-electron chi connectivity index (χ0n) is 12.6. The molecule has 0 radical (unpaired) electrons. The number of thiophene rings is 1. The van der Waals surface area contributed by atoms with E-state index in [4.69, 9.17) is 16.9 Å². The SMILES string of the molecule is Cc1cc(C(O)(C(C)c2ccc(Br)cc2Cl)C(F)(F)F)sc1C#N. The molecule has 128 valence electrons. The van der Waals surface area contributed by atoms with E-state index in [1.54, 1.807) is 6.07 Å². The fraction of sp³-hybridized carbons (Fsp3) is 0.312. The Hall–Kier alpha value is -1.07. The summed E-state index contributed by atoms with van der Waals surface area (Å²) < 4.78 is 42.0. The first-order chi connectivity index (χ1) is 11.0. The molecule has 0 saturated carbocycles. The molecule has 1 aromatic heterocycles. The topological polar surface area (TPSA) is 44.0 Å². The molecule has 0 bridgehead atoms. The van der Waals surface area contributed by atoms with E-state index >= 15 is 0 Å². The van der Waals surface area contributed by atoms with Crippen molar-refractivity contribution in [2.24, 2.45) is 0 Å². The molecule has 0 spiro atoms. The highest BCUT2D eigenvalue weighted by Gasteiger charge is 2.60. The first-order valence-electron chi connectivity index (χ1n) is 6.77. The molecular weight excluding hydrogens is 427 g/mol. The second-order valence-electron chi connectivity index (χ2n) is 5.39. The van der Waals surface area contributed by atoms with E-state index in [1.807, 2.05) is 6.07 Å². The monoisotopic (exact) mass is 437 g/mol. The van der Waals surface area contributed by atoms with Crippen LogP contribution in [0.15, 0.2) is 28.7 Å². The van der Waals surface area contributed by atoms with Crippen LogP contribution in [0.2, 0.25) is 5.02 Å². The van der Waals surface area contributed by atoms with Crippen molar-refractivity contribution in [1.29, 1.82) is 5.26 Å². The minimum atomic E-state index is -4.94. The summed E-state index contributed by atoms with van der Waals surface area (Å²) in [5, 5.41) is 19.8. The third-order valence-corrected chi connectivity index (χ3v) is 5.97. The van der Waals surface area contributed by atoms with E-state index in [9.17, 15) is 18.3 Å². The van der Waals surface area contributed by atoms with Gasteiger partial charge < -0.3 is 5.11 Å². The number of rotatable bonds is 3. The number of aliphatic hydroxyl groups is 1. The van der Waals surface area contributed by atoms with Gasteiger partial charge >= 0.3 is 6.18 Å². The second-order valence-corrected chi connectivity index (χ2v) is 7.76. The fourth-order valence-electron chi connectivity index (χ4n) is 2.46. The minimum absolute atomic E-state index is 0.119. The molecule has 2 rings (SSSR count). The molecule has 2 nitrogen and oxygen atoms in total. The van der Waals surface area contributed by atoms with Crippen LogP contribution in [0.1, 0.15) is 33.7 Å². The Morgan fingerprint density at radius 2 is 1.96 bits per heavy atom. The van der Waals surface area contributed by atoms with Crippen molar-refractivity contribution in [2.75, 3.05) is 0 Å².